The molecule has 2 aromatic carbocycles. The Morgan fingerprint density at radius 1 is 0.962 bits per heavy atom. The summed E-state index contributed by atoms with van der Waals surface area (Å²) in [7, 11) is -2.17. The summed E-state index contributed by atoms with van der Waals surface area (Å²) < 4.78 is 32.3. The van der Waals surface area contributed by atoms with Crippen molar-refractivity contribution in [3.8, 4) is 5.75 Å². The Bertz CT molecular complexity index is 942. The number of benzene rings is 2. The molecule has 0 aliphatic heterocycles. The number of nitrogens with one attached hydrogen (secondary N) is 2. The first-order chi connectivity index (χ1) is 12.6. The molecule has 0 saturated heterocycles. The Balaban J connectivity index is 1.64. The van der Waals surface area contributed by atoms with E-state index in [2.05, 4.69) is 15.0 Å². The molecule has 3 rings (SSSR count). The molecule has 0 spiro atoms. The number of aromatic nitrogens is 1. The molecule has 0 radical (unpaired) electrons. The zero-order valence-electron chi connectivity index (χ0n) is 14.2. The van der Waals surface area contributed by atoms with Crippen LogP contribution in [0, 0.1) is 0 Å². The minimum atomic E-state index is -3.69. The number of hydrogen-bond donors (Lipinski definition) is 2. The van der Waals surface area contributed by atoms with E-state index >= 15 is 0 Å². The standard InChI is InChI=1S/C19H19N3O3S/c1-25-17-8-10-18(11-9-17)26(23,24)22-19-12-7-16(14-21-19)20-13-15-5-3-2-4-6-15/h2-12,14,20H,13H2,1H3,(H,21,22). The van der Waals surface area contributed by atoms with E-state index in [0.29, 0.717) is 12.3 Å². The quantitative estimate of drug-likeness (QED) is 0.666. The van der Waals surface area contributed by atoms with Crippen LogP contribution in [0.3, 0.4) is 0 Å². The zero-order valence-corrected chi connectivity index (χ0v) is 15.0. The lowest BCUT2D eigenvalue weighted by Crippen LogP contribution is -2.14. The fraction of sp³-hybridized carbons (Fsp3) is 0.105. The lowest BCUT2D eigenvalue weighted by atomic mass is 10.2. The third kappa shape index (κ3) is 4.52. The van der Waals surface area contributed by atoms with Crippen LogP contribution < -0.4 is 14.8 Å². The van der Waals surface area contributed by atoms with E-state index in [1.807, 2.05) is 30.3 Å². The molecule has 0 bridgehead atoms. The number of pyridine rings is 1. The van der Waals surface area contributed by atoms with Gasteiger partial charge >= 0.3 is 0 Å². The fourth-order valence-electron chi connectivity index (χ4n) is 2.31. The van der Waals surface area contributed by atoms with Crippen LogP contribution in [0.5, 0.6) is 5.75 Å². The van der Waals surface area contributed by atoms with Gasteiger partial charge in [-0.2, -0.15) is 0 Å². The minimum absolute atomic E-state index is 0.145. The fourth-order valence-corrected chi connectivity index (χ4v) is 3.32. The predicted octanol–water partition coefficient (Wildman–Crippen LogP) is 3.50. The van der Waals surface area contributed by atoms with E-state index in [9.17, 15) is 8.42 Å². The first-order valence-electron chi connectivity index (χ1n) is 7.97. The molecule has 2 N–H and O–H groups in total. The highest BCUT2D eigenvalue weighted by atomic mass is 32.2. The summed E-state index contributed by atoms with van der Waals surface area (Å²) in [6.45, 7) is 0.666. The van der Waals surface area contributed by atoms with Crippen LogP contribution in [-0.2, 0) is 16.6 Å². The topological polar surface area (TPSA) is 80.3 Å². The van der Waals surface area contributed by atoms with Crippen LogP contribution in [-0.4, -0.2) is 20.5 Å². The van der Waals surface area contributed by atoms with E-state index in [0.717, 1.165) is 11.3 Å². The first-order valence-corrected chi connectivity index (χ1v) is 9.46. The number of nitrogens with zero attached hydrogens (tertiary/aromatic N) is 1. The second-order valence-electron chi connectivity index (χ2n) is 5.55. The van der Waals surface area contributed by atoms with Crippen molar-refractivity contribution in [2.45, 2.75) is 11.4 Å². The van der Waals surface area contributed by atoms with Gasteiger partial charge in [-0.15, -0.1) is 0 Å². The maximum absolute atomic E-state index is 12.4. The molecule has 3 aromatic rings. The summed E-state index contributed by atoms with van der Waals surface area (Å²) in [6.07, 6.45) is 1.59. The molecular formula is C19H19N3O3S. The lowest BCUT2D eigenvalue weighted by Gasteiger charge is -2.10. The normalized spacial score (nSPS) is 11.0. The van der Waals surface area contributed by atoms with Gasteiger partial charge in [0.15, 0.2) is 0 Å². The molecule has 0 atom stereocenters. The highest BCUT2D eigenvalue weighted by molar-refractivity contribution is 7.92. The van der Waals surface area contributed by atoms with Crippen molar-refractivity contribution in [2.24, 2.45) is 0 Å². The number of anilines is 2. The predicted molar refractivity (Wildman–Crippen MR) is 102 cm³/mol. The van der Waals surface area contributed by atoms with Crippen molar-refractivity contribution in [3.63, 3.8) is 0 Å². The highest BCUT2D eigenvalue weighted by Gasteiger charge is 2.14. The largest absolute Gasteiger partial charge is 0.497 e. The van der Waals surface area contributed by atoms with Crippen molar-refractivity contribution < 1.29 is 13.2 Å². The molecular weight excluding hydrogens is 350 g/mol. The van der Waals surface area contributed by atoms with Gasteiger partial charge in [0.1, 0.15) is 11.6 Å². The van der Waals surface area contributed by atoms with Crippen LogP contribution in [0.1, 0.15) is 5.56 Å². The van der Waals surface area contributed by atoms with Gasteiger partial charge in [-0.1, -0.05) is 30.3 Å². The number of rotatable bonds is 7. The summed E-state index contributed by atoms with van der Waals surface area (Å²) in [5, 5.41) is 3.24. The first kappa shape index (κ1) is 17.8. The van der Waals surface area contributed by atoms with E-state index in [1.54, 1.807) is 30.5 Å². The van der Waals surface area contributed by atoms with Crippen LogP contribution in [0.25, 0.3) is 0 Å². The molecule has 0 saturated carbocycles. The smallest absolute Gasteiger partial charge is 0.263 e. The van der Waals surface area contributed by atoms with Gasteiger partial charge in [-0.25, -0.2) is 13.4 Å². The van der Waals surface area contributed by atoms with Crippen molar-refractivity contribution >= 4 is 21.5 Å². The summed E-state index contributed by atoms with van der Waals surface area (Å²) in [6, 6.07) is 19.5. The summed E-state index contributed by atoms with van der Waals surface area (Å²) in [4.78, 5) is 4.30. The van der Waals surface area contributed by atoms with Crippen LogP contribution in [0.4, 0.5) is 11.5 Å². The summed E-state index contributed by atoms with van der Waals surface area (Å²) in [5.74, 6) is 0.849. The van der Waals surface area contributed by atoms with Crippen LogP contribution in [0.2, 0.25) is 0 Å². The van der Waals surface area contributed by atoms with Crippen molar-refractivity contribution in [2.75, 3.05) is 17.1 Å². The van der Waals surface area contributed by atoms with E-state index < -0.39 is 10.0 Å². The molecule has 0 unspecified atom stereocenters. The second kappa shape index (κ2) is 7.88. The molecule has 1 aromatic heterocycles. The third-order valence-corrected chi connectivity index (χ3v) is 5.08. The molecule has 6 nitrogen and oxygen atoms in total. The van der Waals surface area contributed by atoms with Gasteiger partial charge in [0, 0.05) is 6.54 Å². The maximum Gasteiger partial charge on any atom is 0.263 e. The number of ether oxygens (including phenoxy) is 1. The van der Waals surface area contributed by atoms with Crippen LogP contribution in [0.15, 0.2) is 77.8 Å². The SMILES string of the molecule is COc1ccc(S(=O)(=O)Nc2ccc(NCc3ccccc3)cn2)cc1. The Hall–Kier alpha value is -3.06. The average molecular weight is 369 g/mol. The Morgan fingerprint density at radius 3 is 2.31 bits per heavy atom. The Labute approximate surface area is 152 Å². The van der Waals surface area contributed by atoms with Gasteiger partial charge in [-0.3, -0.25) is 4.72 Å². The molecule has 0 amide bonds. The zero-order chi connectivity index (χ0) is 18.4. The summed E-state index contributed by atoms with van der Waals surface area (Å²) >= 11 is 0. The van der Waals surface area contributed by atoms with Crippen molar-refractivity contribution in [1.29, 1.82) is 0 Å². The molecule has 134 valence electrons. The third-order valence-electron chi connectivity index (χ3n) is 3.71. The monoisotopic (exact) mass is 369 g/mol. The van der Waals surface area contributed by atoms with Gasteiger partial charge in [0.25, 0.3) is 10.0 Å². The second-order valence-corrected chi connectivity index (χ2v) is 7.23. The minimum Gasteiger partial charge on any atom is -0.497 e. The van der Waals surface area contributed by atoms with Gasteiger partial charge < -0.3 is 10.1 Å². The molecule has 26 heavy (non-hydrogen) atoms. The molecule has 7 heteroatoms. The maximum atomic E-state index is 12.4. The van der Waals surface area contributed by atoms with Gasteiger partial charge in [0.2, 0.25) is 0 Å². The number of hydrogen-bond acceptors (Lipinski definition) is 5. The van der Waals surface area contributed by atoms with E-state index in [-0.39, 0.29) is 10.7 Å². The lowest BCUT2D eigenvalue weighted by molar-refractivity contribution is 0.414. The van der Waals surface area contributed by atoms with Crippen molar-refractivity contribution in [1.82, 2.24) is 4.98 Å². The van der Waals surface area contributed by atoms with E-state index in [1.165, 1.54) is 19.2 Å². The summed E-state index contributed by atoms with van der Waals surface area (Å²) in [5.41, 5.74) is 1.96. The molecule has 0 fully saturated rings. The molecule has 0 aliphatic rings. The van der Waals surface area contributed by atoms with Crippen molar-refractivity contribution in [3.05, 3.63) is 78.5 Å². The molecule has 1 heterocycles. The number of methoxy groups -OCH3 is 1. The van der Waals surface area contributed by atoms with E-state index in [4.69, 9.17) is 4.74 Å². The number of sulfonamides is 1. The Kier molecular flexibility index (Phi) is 5.38. The highest BCUT2D eigenvalue weighted by Crippen LogP contribution is 2.19. The Morgan fingerprint density at radius 2 is 1.69 bits per heavy atom. The average Bonchev–Trinajstić information content (AvgIpc) is 2.68. The van der Waals surface area contributed by atoms with Gasteiger partial charge in [-0.05, 0) is 42.0 Å². The molecule has 0 aliphatic carbocycles. The van der Waals surface area contributed by atoms with Crippen LogP contribution >= 0.6 is 0 Å². The van der Waals surface area contributed by atoms with Gasteiger partial charge in [0.05, 0.1) is 23.9 Å².